The minimum Gasteiger partial charge on any atom is -0.361 e. The van der Waals surface area contributed by atoms with Crippen molar-refractivity contribution in [2.45, 2.75) is 26.8 Å². The normalized spacial score (nSPS) is 12.5. The van der Waals surface area contributed by atoms with Crippen molar-refractivity contribution in [2.75, 3.05) is 0 Å². The largest absolute Gasteiger partial charge is 0.361 e. The van der Waals surface area contributed by atoms with E-state index in [0.29, 0.717) is 5.56 Å². The molecule has 1 unspecified atom stereocenters. The van der Waals surface area contributed by atoms with Crippen LogP contribution in [0.25, 0.3) is 10.9 Å². The number of hydrogen-bond donors (Lipinski definition) is 2. The predicted octanol–water partition coefficient (Wildman–Crippen LogP) is 3.26. The number of fused-ring (bicyclic) bond motifs is 1. The number of carbonyl (C=O) groups is 1. The third-order valence-electron chi connectivity index (χ3n) is 3.70. The van der Waals surface area contributed by atoms with Gasteiger partial charge in [0.05, 0.1) is 22.8 Å². The molecule has 2 heterocycles. The molecule has 0 aliphatic heterocycles. The number of para-hydroxylation sites is 1. The van der Waals surface area contributed by atoms with Gasteiger partial charge in [-0.1, -0.05) is 17.3 Å². The summed E-state index contributed by atoms with van der Waals surface area (Å²) in [4.78, 5) is 15.6. The standard InChI is InChI=1S/C16H17N3O2/c1-9(14-10(2)19-21-11(14)3)18-16(20)13-6-4-5-12-7-8-17-15(12)13/h4-9,17H,1-3H3,(H,18,20). The highest BCUT2D eigenvalue weighted by molar-refractivity contribution is 6.05. The molecule has 3 aromatic rings. The van der Waals surface area contributed by atoms with Crippen molar-refractivity contribution in [1.82, 2.24) is 15.5 Å². The first-order valence-electron chi connectivity index (χ1n) is 6.87. The minimum absolute atomic E-state index is 0.115. The number of nitrogens with one attached hydrogen (secondary N) is 2. The first-order valence-corrected chi connectivity index (χ1v) is 6.87. The van der Waals surface area contributed by atoms with E-state index in [4.69, 9.17) is 4.52 Å². The quantitative estimate of drug-likeness (QED) is 0.775. The second-order valence-corrected chi connectivity index (χ2v) is 5.18. The second kappa shape index (κ2) is 5.09. The number of aromatic nitrogens is 2. The molecule has 1 atom stereocenters. The molecule has 0 saturated heterocycles. The fraction of sp³-hybridized carbons (Fsp3) is 0.250. The Morgan fingerprint density at radius 3 is 2.86 bits per heavy atom. The van der Waals surface area contributed by atoms with E-state index in [0.717, 1.165) is 27.9 Å². The Balaban J connectivity index is 1.88. The van der Waals surface area contributed by atoms with E-state index in [-0.39, 0.29) is 11.9 Å². The van der Waals surface area contributed by atoms with E-state index in [1.165, 1.54) is 0 Å². The number of H-pyrrole nitrogens is 1. The van der Waals surface area contributed by atoms with Crippen molar-refractivity contribution in [2.24, 2.45) is 0 Å². The molecule has 2 aromatic heterocycles. The number of benzene rings is 1. The summed E-state index contributed by atoms with van der Waals surface area (Å²) in [7, 11) is 0. The third-order valence-corrected chi connectivity index (χ3v) is 3.70. The Morgan fingerprint density at radius 2 is 2.14 bits per heavy atom. The Bertz CT molecular complexity index is 781. The molecule has 5 heteroatoms. The summed E-state index contributed by atoms with van der Waals surface area (Å²) in [6, 6.07) is 7.46. The molecular formula is C16H17N3O2. The van der Waals surface area contributed by atoms with Gasteiger partial charge < -0.3 is 14.8 Å². The molecule has 0 saturated carbocycles. The SMILES string of the molecule is Cc1noc(C)c1C(C)NC(=O)c1cccc2cc[nH]c12. The van der Waals surface area contributed by atoms with Gasteiger partial charge in [-0.05, 0) is 32.9 Å². The summed E-state index contributed by atoms with van der Waals surface area (Å²) in [5.41, 5.74) is 3.22. The van der Waals surface area contributed by atoms with E-state index in [1.54, 1.807) is 0 Å². The van der Waals surface area contributed by atoms with Gasteiger partial charge in [0.2, 0.25) is 0 Å². The molecule has 0 spiro atoms. The zero-order valence-electron chi connectivity index (χ0n) is 12.2. The van der Waals surface area contributed by atoms with Crippen LogP contribution in [0.15, 0.2) is 35.0 Å². The summed E-state index contributed by atoms with van der Waals surface area (Å²) in [5.74, 6) is 0.619. The molecule has 0 aliphatic carbocycles. The summed E-state index contributed by atoms with van der Waals surface area (Å²) in [6.45, 7) is 5.66. The third kappa shape index (κ3) is 2.31. The van der Waals surface area contributed by atoms with E-state index in [1.807, 2.05) is 51.2 Å². The number of amides is 1. The van der Waals surface area contributed by atoms with E-state index in [9.17, 15) is 4.79 Å². The number of aryl methyl sites for hydroxylation is 2. The Morgan fingerprint density at radius 1 is 1.33 bits per heavy atom. The van der Waals surface area contributed by atoms with Crippen LogP contribution in [-0.2, 0) is 0 Å². The van der Waals surface area contributed by atoms with Crippen LogP contribution < -0.4 is 5.32 Å². The summed E-state index contributed by atoms with van der Waals surface area (Å²) >= 11 is 0. The molecule has 0 radical (unpaired) electrons. The fourth-order valence-electron chi connectivity index (χ4n) is 2.73. The van der Waals surface area contributed by atoms with Crippen LogP contribution in [0.3, 0.4) is 0 Å². The molecule has 5 nitrogen and oxygen atoms in total. The monoisotopic (exact) mass is 283 g/mol. The first-order chi connectivity index (χ1) is 10.1. The molecule has 1 aromatic carbocycles. The highest BCUT2D eigenvalue weighted by Gasteiger charge is 2.20. The van der Waals surface area contributed by atoms with Gasteiger partial charge in [0.1, 0.15) is 5.76 Å². The maximum Gasteiger partial charge on any atom is 0.253 e. The maximum absolute atomic E-state index is 12.5. The zero-order chi connectivity index (χ0) is 15.0. The number of rotatable bonds is 3. The van der Waals surface area contributed by atoms with Gasteiger partial charge in [0.25, 0.3) is 5.91 Å². The van der Waals surface area contributed by atoms with Gasteiger partial charge in [0, 0.05) is 17.1 Å². The van der Waals surface area contributed by atoms with E-state index < -0.39 is 0 Å². The van der Waals surface area contributed by atoms with Gasteiger partial charge >= 0.3 is 0 Å². The molecule has 0 bridgehead atoms. The number of carbonyl (C=O) groups excluding carboxylic acids is 1. The zero-order valence-corrected chi connectivity index (χ0v) is 12.2. The van der Waals surface area contributed by atoms with Crippen molar-refractivity contribution < 1.29 is 9.32 Å². The van der Waals surface area contributed by atoms with Crippen LogP contribution in [0.1, 0.15) is 40.3 Å². The summed E-state index contributed by atoms with van der Waals surface area (Å²) < 4.78 is 5.15. The number of aromatic amines is 1. The van der Waals surface area contributed by atoms with Crippen molar-refractivity contribution in [3.05, 3.63) is 53.0 Å². The highest BCUT2D eigenvalue weighted by atomic mass is 16.5. The van der Waals surface area contributed by atoms with Crippen LogP contribution in [0.2, 0.25) is 0 Å². The van der Waals surface area contributed by atoms with Crippen LogP contribution in [0.5, 0.6) is 0 Å². The van der Waals surface area contributed by atoms with Crippen LogP contribution in [-0.4, -0.2) is 16.0 Å². The molecular weight excluding hydrogens is 266 g/mol. The van der Waals surface area contributed by atoms with Gasteiger partial charge in [0.15, 0.2) is 0 Å². The molecule has 2 N–H and O–H groups in total. The highest BCUT2D eigenvalue weighted by Crippen LogP contribution is 2.22. The van der Waals surface area contributed by atoms with Crippen LogP contribution >= 0.6 is 0 Å². The van der Waals surface area contributed by atoms with Crippen molar-refractivity contribution in [3.63, 3.8) is 0 Å². The summed E-state index contributed by atoms with van der Waals surface area (Å²) in [6.07, 6.45) is 1.83. The average Bonchev–Trinajstić information content (AvgIpc) is 3.04. The van der Waals surface area contributed by atoms with Crippen LogP contribution in [0.4, 0.5) is 0 Å². The van der Waals surface area contributed by atoms with E-state index in [2.05, 4.69) is 15.5 Å². The first kappa shape index (κ1) is 13.4. The molecule has 21 heavy (non-hydrogen) atoms. The van der Waals surface area contributed by atoms with Gasteiger partial charge in [-0.15, -0.1) is 0 Å². The molecule has 0 fully saturated rings. The predicted molar refractivity (Wildman–Crippen MR) is 80.2 cm³/mol. The Kier molecular flexibility index (Phi) is 3.25. The Labute approximate surface area is 122 Å². The topological polar surface area (TPSA) is 70.9 Å². The van der Waals surface area contributed by atoms with Crippen molar-refractivity contribution >= 4 is 16.8 Å². The second-order valence-electron chi connectivity index (χ2n) is 5.18. The van der Waals surface area contributed by atoms with Gasteiger partial charge in [-0.3, -0.25) is 4.79 Å². The Hall–Kier alpha value is -2.56. The summed E-state index contributed by atoms with van der Waals surface area (Å²) in [5, 5.41) is 7.95. The lowest BCUT2D eigenvalue weighted by Gasteiger charge is -2.14. The van der Waals surface area contributed by atoms with Gasteiger partial charge in [-0.2, -0.15) is 0 Å². The molecule has 1 amide bonds. The fourth-order valence-corrected chi connectivity index (χ4v) is 2.73. The lowest BCUT2D eigenvalue weighted by atomic mass is 10.1. The van der Waals surface area contributed by atoms with Crippen LogP contribution in [0, 0.1) is 13.8 Å². The van der Waals surface area contributed by atoms with Crippen molar-refractivity contribution in [1.29, 1.82) is 0 Å². The lowest BCUT2D eigenvalue weighted by molar-refractivity contribution is 0.0941. The average molecular weight is 283 g/mol. The van der Waals surface area contributed by atoms with E-state index >= 15 is 0 Å². The molecule has 108 valence electrons. The minimum atomic E-state index is -0.158. The van der Waals surface area contributed by atoms with Gasteiger partial charge in [-0.25, -0.2) is 0 Å². The number of hydrogen-bond acceptors (Lipinski definition) is 3. The maximum atomic E-state index is 12.5. The lowest BCUT2D eigenvalue weighted by Crippen LogP contribution is -2.27. The molecule has 0 aliphatic rings. The smallest absolute Gasteiger partial charge is 0.253 e. The molecule has 3 rings (SSSR count). The number of nitrogens with zero attached hydrogens (tertiary/aromatic N) is 1. The van der Waals surface area contributed by atoms with Crippen molar-refractivity contribution in [3.8, 4) is 0 Å².